The average molecular weight is 711 g/mol. The zero-order valence-electron chi connectivity index (χ0n) is 25.4. The van der Waals surface area contributed by atoms with Crippen LogP contribution >= 0.6 is 46.3 Å². The Kier molecular flexibility index (Phi) is 10.1. The smallest absolute Gasteiger partial charge is 0.296 e. The minimum atomic E-state index is -1.07. The van der Waals surface area contributed by atoms with E-state index >= 15 is 0 Å². The topological polar surface area (TPSA) is 115 Å². The quantitative estimate of drug-likeness (QED) is 0.0553. The molecule has 0 fully saturated rings. The molecule has 242 valence electrons. The van der Waals surface area contributed by atoms with Gasteiger partial charge in [-0.15, -0.1) is 10.2 Å². The number of thioether (sulfide) groups is 1. The van der Waals surface area contributed by atoms with Gasteiger partial charge in [-0.1, -0.05) is 96.4 Å². The van der Waals surface area contributed by atoms with Crippen molar-refractivity contribution in [1.29, 1.82) is 0 Å². The van der Waals surface area contributed by atoms with Crippen molar-refractivity contribution in [3.05, 3.63) is 105 Å². The number of halogens is 2. The Morgan fingerprint density at radius 2 is 1.89 bits per heavy atom. The molecule has 3 aromatic carbocycles. The lowest BCUT2D eigenvalue weighted by atomic mass is 9.95. The highest BCUT2D eigenvalue weighted by Crippen LogP contribution is 2.46. The van der Waals surface area contributed by atoms with E-state index < -0.39 is 23.5 Å². The highest BCUT2D eigenvalue weighted by Gasteiger charge is 2.47. The molecule has 3 heterocycles. The Hall–Kier alpha value is -4.03. The number of aliphatic hydroxyl groups excluding tert-OH is 1. The SMILES string of the molecule is CCCCCOc1ccc(C2C(C(=O)c3cc4ccccc4o3)=C(O)C(=O)N2c2nnc(SCc3ccc(Cl)cc3Cl)s2)cc1OC. The van der Waals surface area contributed by atoms with Crippen LogP contribution in [0.3, 0.4) is 0 Å². The number of anilines is 1. The molecule has 2 aromatic heterocycles. The van der Waals surface area contributed by atoms with Crippen LogP contribution in [0.5, 0.6) is 11.5 Å². The minimum Gasteiger partial charge on any atom is -0.503 e. The number of ether oxygens (including phenoxy) is 2. The predicted octanol–water partition coefficient (Wildman–Crippen LogP) is 9.24. The highest BCUT2D eigenvalue weighted by atomic mass is 35.5. The molecule has 1 amide bonds. The van der Waals surface area contributed by atoms with Crippen molar-refractivity contribution < 1.29 is 28.6 Å². The summed E-state index contributed by atoms with van der Waals surface area (Å²) in [5.41, 5.74) is 1.71. The van der Waals surface area contributed by atoms with Crippen LogP contribution in [-0.4, -0.2) is 40.7 Å². The van der Waals surface area contributed by atoms with E-state index in [1.807, 2.05) is 18.2 Å². The van der Waals surface area contributed by atoms with Gasteiger partial charge in [0.1, 0.15) is 5.58 Å². The van der Waals surface area contributed by atoms with Crippen LogP contribution in [0.1, 0.15) is 53.9 Å². The number of nitrogens with zero attached hydrogens (tertiary/aromatic N) is 3. The Labute approximate surface area is 289 Å². The number of fused-ring (bicyclic) bond motifs is 1. The number of para-hydroxylation sites is 1. The number of amides is 1. The van der Waals surface area contributed by atoms with Crippen LogP contribution in [0, 0.1) is 0 Å². The summed E-state index contributed by atoms with van der Waals surface area (Å²) in [7, 11) is 1.52. The molecule has 1 N–H and O–H groups in total. The number of aromatic nitrogens is 2. The highest BCUT2D eigenvalue weighted by molar-refractivity contribution is 8.00. The summed E-state index contributed by atoms with van der Waals surface area (Å²) in [6.45, 7) is 2.63. The largest absolute Gasteiger partial charge is 0.503 e. The summed E-state index contributed by atoms with van der Waals surface area (Å²) in [6.07, 6.45) is 2.98. The number of rotatable bonds is 13. The van der Waals surface area contributed by atoms with Gasteiger partial charge in [0.05, 0.1) is 25.3 Å². The third kappa shape index (κ3) is 6.85. The van der Waals surface area contributed by atoms with Crippen molar-refractivity contribution in [2.45, 2.75) is 42.3 Å². The molecule has 1 unspecified atom stereocenters. The number of furan rings is 1. The molecule has 0 radical (unpaired) electrons. The van der Waals surface area contributed by atoms with Gasteiger partial charge in [-0.25, -0.2) is 0 Å². The lowest BCUT2D eigenvalue weighted by molar-refractivity contribution is -0.117. The van der Waals surface area contributed by atoms with Crippen molar-refractivity contribution in [2.24, 2.45) is 0 Å². The van der Waals surface area contributed by atoms with Gasteiger partial charge in [0.25, 0.3) is 5.91 Å². The van der Waals surface area contributed by atoms with Gasteiger partial charge < -0.3 is 19.0 Å². The van der Waals surface area contributed by atoms with Crippen LogP contribution in [0.25, 0.3) is 11.0 Å². The summed E-state index contributed by atoms with van der Waals surface area (Å²) >= 11 is 14.9. The number of methoxy groups -OCH3 is 1. The molecule has 1 aliphatic heterocycles. The fourth-order valence-corrected chi connectivity index (χ4v) is 7.65. The molecule has 0 aliphatic carbocycles. The molecule has 1 atom stereocenters. The van der Waals surface area contributed by atoms with Crippen molar-refractivity contribution in [3.63, 3.8) is 0 Å². The van der Waals surface area contributed by atoms with E-state index in [1.54, 1.807) is 48.5 Å². The number of aliphatic hydroxyl groups is 1. The number of unbranched alkanes of at least 4 members (excludes halogenated alkanes) is 2. The Bertz CT molecular complexity index is 1960. The molecule has 0 bridgehead atoms. The third-order valence-corrected chi connectivity index (χ3v) is 10.3. The molecule has 5 aromatic rings. The first-order chi connectivity index (χ1) is 22.8. The summed E-state index contributed by atoms with van der Waals surface area (Å²) in [4.78, 5) is 29.1. The normalized spacial score (nSPS) is 14.8. The van der Waals surface area contributed by atoms with Crippen LogP contribution in [-0.2, 0) is 10.5 Å². The van der Waals surface area contributed by atoms with Crippen LogP contribution in [0.15, 0.2) is 86.8 Å². The average Bonchev–Trinajstić information content (AvgIpc) is 3.79. The molecular weight excluding hydrogens is 681 g/mol. The van der Waals surface area contributed by atoms with E-state index in [0.29, 0.717) is 54.8 Å². The van der Waals surface area contributed by atoms with E-state index in [2.05, 4.69) is 17.1 Å². The van der Waals surface area contributed by atoms with Crippen molar-refractivity contribution in [2.75, 3.05) is 18.6 Å². The predicted molar refractivity (Wildman–Crippen MR) is 184 cm³/mol. The Morgan fingerprint density at radius 3 is 2.66 bits per heavy atom. The standard InChI is InChI=1S/C34H29Cl2N3O6S2/c1-3-4-7-14-44-25-13-11-20(16-26(25)43-2)29-28(30(40)27-15-19-8-5-6-9-24(19)45-27)31(41)32(42)39(29)33-37-38-34(47-33)46-18-21-10-12-22(35)17-23(21)36/h5-6,8-13,15-17,29,41H,3-4,7,14,18H2,1-2H3. The first-order valence-corrected chi connectivity index (χ1v) is 17.4. The van der Waals surface area contributed by atoms with E-state index in [-0.39, 0.29) is 16.5 Å². The molecule has 0 saturated heterocycles. The van der Waals surface area contributed by atoms with Gasteiger partial charge in [-0.05, 0) is 53.9 Å². The summed E-state index contributed by atoms with van der Waals surface area (Å²) in [5.74, 6) is -0.700. The number of carbonyl (C=O) groups is 2. The Morgan fingerprint density at radius 1 is 1.06 bits per heavy atom. The third-order valence-electron chi connectivity index (χ3n) is 7.58. The first kappa shape index (κ1) is 32.9. The molecule has 0 spiro atoms. The molecule has 9 nitrogen and oxygen atoms in total. The van der Waals surface area contributed by atoms with Crippen molar-refractivity contribution >= 4 is 74.1 Å². The van der Waals surface area contributed by atoms with Gasteiger partial charge in [0, 0.05) is 21.2 Å². The summed E-state index contributed by atoms with van der Waals surface area (Å²) in [5, 5.41) is 21.8. The molecular formula is C34H29Cl2N3O6S2. The van der Waals surface area contributed by atoms with Gasteiger partial charge >= 0.3 is 0 Å². The number of carbonyl (C=O) groups excluding carboxylic acids is 2. The van der Waals surface area contributed by atoms with Gasteiger partial charge in [-0.2, -0.15) is 0 Å². The molecule has 47 heavy (non-hydrogen) atoms. The van der Waals surface area contributed by atoms with E-state index in [1.165, 1.54) is 23.8 Å². The lowest BCUT2D eigenvalue weighted by Crippen LogP contribution is -2.31. The lowest BCUT2D eigenvalue weighted by Gasteiger charge is -2.24. The maximum atomic E-state index is 14.1. The number of hydrogen-bond acceptors (Lipinski definition) is 10. The molecule has 0 saturated carbocycles. The zero-order chi connectivity index (χ0) is 33.1. The zero-order valence-corrected chi connectivity index (χ0v) is 28.5. The molecule has 13 heteroatoms. The fraction of sp³-hybridized carbons (Fsp3) is 0.235. The van der Waals surface area contributed by atoms with Gasteiger partial charge in [0.15, 0.2) is 27.4 Å². The van der Waals surface area contributed by atoms with Gasteiger partial charge in [0.2, 0.25) is 10.9 Å². The maximum Gasteiger partial charge on any atom is 0.296 e. The second-order valence-corrected chi connectivity index (χ2v) is 13.7. The molecule has 1 aliphatic rings. The second kappa shape index (κ2) is 14.4. The number of hydrogen-bond donors (Lipinski definition) is 1. The first-order valence-electron chi connectivity index (χ1n) is 14.8. The van der Waals surface area contributed by atoms with E-state index in [9.17, 15) is 14.7 Å². The van der Waals surface area contributed by atoms with Gasteiger partial charge in [-0.3, -0.25) is 14.5 Å². The summed E-state index contributed by atoms with van der Waals surface area (Å²) < 4.78 is 18.0. The second-order valence-electron chi connectivity index (χ2n) is 10.7. The van der Waals surface area contributed by atoms with Crippen LogP contribution in [0.4, 0.5) is 5.13 Å². The van der Waals surface area contributed by atoms with Crippen LogP contribution < -0.4 is 14.4 Å². The maximum absolute atomic E-state index is 14.1. The number of Topliss-reactive ketones (excluding diaryl/α,β-unsaturated/α-hetero) is 1. The Balaban J connectivity index is 1.36. The van der Waals surface area contributed by atoms with Crippen LogP contribution in [0.2, 0.25) is 10.0 Å². The van der Waals surface area contributed by atoms with Crippen molar-refractivity contribution in [1.82, 2.24) is 10.2 Å². The van der Waals surface area contributed by atoms with Crippen molar-refractivity contribution in [3.8, 4) is 11.5 Å². The fourth-order valence-electron chi connectivity index (χ4n) is 5.22. The molecule has 6 rings (SSSR count). The monoisotopic (exact) mass is 709 g/mol. The summed E-state index contributed by atoms with van der Waals surface area (Å²) in [6, 6.07) is 18.1. The number of ketones is 1. The van der Waals surface area contributed by atoms with E-state index in [4.69, 9.17) is 37.1 Å². The van der Waals surface area contributed by atoms with E-state index in [0.717, 1.165) is 36.2 Å². The minimum absolute atomic E-state index is 0.0106. The number of benzene rings is 3.